The van der Waals surface area contributed by atoms with E-state index in [-0.39, 0.29) is 11.9 Å². The maximum atomic E-state index is 12.5. The number of allylic oxidation sites excluding steroid dienone is 1. The first-order valence-electron chi connectivity index (χ1n) is 10.7. The third-order valence-electron chi connectivity index (χ3n) is 5.28. The molecule has 3 aromatic rings. The highest BCUT2D eigenvalue weighted by molar-refractivity contribution is 5.86. The Bertz CT molecular complexity index is 1100. The van der Waals surface area contributed by atoms with Crippen LogP contribution in [0.2, 0.25) is 0 Å². The lowest BCUT2D eigenvalue weighted by atomic mass is 9.93. The van der Waals surface area contributed by atoms with Crippen molar-refractivity contribution in [3.05, 3.63) is 96.1 Å². The van der Waals surface area contributed by atoms with Gasteiger partial charge in [0, 0.05) is 19.1 Å². The van der Waals surface area contributed by atoms with Crippen LogP contribution >= 0.6 is 0 Å². The molecule has 0 aliphatic carbocycles. The zero-order valence-electron chi connectivity index (χ0n) is 18.5. The number of hydrogen-bond donors (Lipinski definition) is 2. The van der Waals surface area contributed by atoms with E-state index in [0.29, 0.717) is 13.1 Å². The number of amides is 1. The molecule has 0 bridgehead atoms. The first-order chi connectivity index (χ1) is 15.0. The molecule has 0 fully saturated rings. The lowest BCUT2D eigenvalue weighted by Gasteiger charge is -2.17. The SMILES string of the molecule is C[C@@H](NCC=CC#CC(C)(C)C(=O)NCc1ccccc1)c1cccc2ccccc12. The molecule has 0 unspecified atom stereocenters. The Hall–Kier alpha value is -3.35. The van der Waals surface area contributed by atoms with Crippen LogP contribution in [0.1, 0.15) is 37.9 Å². The van der Waals surface area contributed by atoms with Crippen LogP contribution in [0.5, 0.6) is 0 Å². The van der Waals surface area contributed by atoms with E-state index in [1.807, 2.05) is 56.3 Å². The molecule has 0 saturated carbocycles. The molecule has 0 saturated heterocycles. The molecular formula is C28H30N2O. The Morgan fingerprint density at radius 3 is 2.52 bits per heavy atom. The molecule has 158 valence electrons. The van der Waals surface area contributed by atoms with Crippen molar-refractivity contribution in [2.45, 2.75) is 33.4 Å². The van der Waals surface area contributed by atoms with Gasteiger partial charge in [-0.15, -0.1) is 0 Å². The molecule has 3 heteroatoms. The summed E-state index contributed by atoms with van der Waals surface area (Å²) in [6.07, 6.45) is 3.81. The van der Waals surface area contributed by atoms with Crippen LogP contribution in [0, 0.1) is 17.3 Å². The summed E-state index contributed by atoms with van der Waals surface area (Å²) < 4.78 is 0. The molecule has 3 aromatic carbocycles. The first kappa shape index (κ1) is 22.3. The molecule has 1 atom stereocenters. The Balaban J connectivity index is 1.49. The van der Waals surface area contributed by atoms with Crippen molar-refractivity contribution >= 4 is 16.7 Å². The van der Waals surface area contributed by atoms with E-state index < -0.39 is 5.41 Å². The highest BCUT2D eigenvalue weighted by atomic mass is 16.2. The molecule has 0 spiro atoms. The maximum Gasteiger partial charge on any atom is 0.237 e. The van der Waals surface area contributed by atoms with Crippen LogP contribution in [-0.4, -0.2) is 12.5 Å². The fourth-order valence-electron chi connectivity index (χ4n) is 3.38. The average molecular weight is 411 g/mol. The summed E-state index contributed by atoms with van der Waals surface area (Å²) in [6, 6.07) is 24.9. The maximum absolute atomic E-state index is 12.5. The number of hydrogen-bond acceptors (Lipinski definition) is 2. The predicted octanol–water partition coefficient (Wildman–Crippen LogP) is 5.39. The highest BCUT2D eigenvalue weighted by Crippen LogP contribution is 2.23. The summed E-state index contributed by atoms with van der Waals surface area (Å²) in [5.41, 5.74) is 1.61. The smallest absolute Gasteiger partial charge is 0.237 e. The van der Waals surface area contributed by atoms with E-state index >= 15 is 0 Å². The van der Waals surface area contributed by atoms with Gasteiger partial charge in [-0.2, -0.15) is 0 Å². The predicted molar refractivity (Wildman–Crippen MR) is 129 cm³/mol. The largest absolute Gasteiger partial charge is 0.351 e. The lowest BCUT2D eigenvalue weighted by molar-refractivity contribution is -0.126. The molecule has 0 heterocycles. The van der Waals surface area contributed by atoms with Crippen molar-refractivity contribution in [2.75, 3.05) is 6.54 Å². The van der Waals surface area contributed by atoms with Gasteiger partial charge in [-0.25, -0.2) is 0 Å². The normalized spacial score (nSPS) is 12.4. The van der Waals surface area contributed by atoms with Gasteiger partial charge < -0.3 is 10.6 Å². The lowest BCUT2D eigenvalue weighted by Crippen LogP contribution is -2.35. The van der Waals surface area contributed by atoms with Crippen LogP contribution in [0.25, 0.3) is 10.8 Å². The van der Waals surface area contributed by atoms with E-state index in [4.69, 9.17) is 0 Å². The summed E-state index contributed by atoms with van der Waals surface area (Å²) in [7, 11) is 0. The molecule has 31 heavy (non-hydrogen) atoms. The number of carbonyl (C=O) groups excluding carboxylic acids is 1. The minimum atomic E-state index is -0.747. The Morgan fingerprint density at radius 2 is 1.71 bits per heavy atom. The fraction of sp³-hybridized carbons (Fsp3) is 0.250. The molecule has 1 amide bonds. The molecule has 2 N–H and O–H groups in total. The van der Waals surface area contributed by atoms with Gasteiger partial charge in [0.2, 0.25) is 5.91 Å². The summed E-state index contributed by atoms with van der Waals surface area (Å²) >= 11 is 0. The molecule has 0 aliphatic heterocycles. The molecule has 3 nitrogen and oxygen atoms in total. The topological polar surface area (TPSA) is 41.1 Å². The summed E-state index contributed by atoms with van der Waals surface area (Å²) in [5, 5.41) is 9.00. The van der Waals surface area contributed by atoms with Crippen LogP contribution < -0.4 is 10.6 Å². The molecule has 0 aromatic heterocycles. The third-order valence-corrected chi connectivity index (χ3v) is 5.28. The second kappa shape index (κ2) is 10.6. The van der Waals surface area contributed by atoms with Crippen molar-refractivity contribution < 1.29 is 4.79 Å². The van der Waals surface area contributed by atoms with Crippen LogP contribution in [-0.2, 0) is 11.3 Å². The molecule has 3 rings (SSSR count). The minimum Gasteiger partial charge on any atom is -0.351 e. The number of nitrogens with one attached hydrogen (secondary N) is 2. The zero-order valence-corrected chi connectivity index (χ0v) is 18.5. The van der Waals surface area contributed by atoms with E-state index in [9.17, 15) is 4.79 Å². The van der Waals surface area contributed by atoms with Gasteiger partial charge in [-0.05, 0) is 48.7 Å². The van der Waals surface area contributed by atoms with Gasteiger partial charge in [0.1, 0.15) is 5.41 Å². The first-order valence-corrected chi connectivity index (χ1v) is 10.7. The number of carbonyl (C=O) groups is 1. The summed E-state index contributed by atoms with van der Waals surface area (Å²) in [5.74, 6) is 6.01. The second-order valence-corrected chi connectivity index (χ2v) is 8.16. The number of rotatable bonds is 7. The quantitative estimate of drug-likeness (QED) is 0.513. The zero-order chi connectivity index (χ0) is 22.1. The van der Waals surface area contributed by atoms with Crippen molar-refractivity contribution in [1.82, 2.24) is 10.6 Å². The van der Waals surface area contributed by atoms with Crippen LogP contribution in [0.15, 0.2) is 84.9 Å². The van der Waals surface area contributed by atoms with Gasteiger partial charge in [0.25, 0.3) is 0 Å². The second-order valence-electron chi connectivity index (χ2n) is 8.16. The van der Waals surface area contributed by atoms with Gasteiger partial charge in [-0.3, -0.25) is 4.79 Å². The van der Waals surface area contributed by atoms with Crippen molar-refractivity contribution in [2.24, 2.45) is 5.41 Å². The van der Waals surface area contributed by atoms with Gasteiger partial charge in [0.15, 0.2) is 0 Å². The third kappa shape index (κ3) is 6.31. The molecular weight excluding hydrogens is 380 g/mol. The molecule has 0 radical (unpaired) electrons. The summed E-state index contributed by atoms with van der Waals surface area (Å²) in [6.45, 7) is 7.07. The van der Waals surface area contributed by atoms with E-state index in [2.05, 4.69) is 71.9 Å². The van der Waals surface area contributed by atoms with Crippen molar-refractivity contribution in [3.8, 4) is 11.8 Å². The average Bonchev–Trinajstić information content (AvgIpc) is 2.79. The Morgan fingerprint density at radius 1 is 1.00 bits per heavy atom. The van der Waals surface area contributed by atoms with Gasteiger partial charge in [-0.1, -0.05) is 90.7 Å². The Labute approximate surface area is 185 Å². The monoisotopic (exact) mass is 410 g/mol. The standard InChI is InChI=1S/C28H30N2O/c1-22(25-18-12-16-24-15-8-9-17-26(24)25)29-20-11-5-10-19-28(2,3)27(31)30-21-23-13-6-4-7-14-23/h4-9,11-18,22,29H,20-21H2,1-3H3,(H,30,31)/t22-/m1/s1. The van der Waals surface area contributed by atoms with E-state index in [0.717, 1.165) is 5.56 Å². The van der Waals surface area contributed by atoms with Crippen LogP contribution in [0.3, 0.4) is 0 Å². The van der Waals surface area contributed by atoms with Crippen molar-refractivity contribution in [3.63, 3.8) is 0 Å². The fourth-order valence-corrected chi connectivity index (χ4v) is 3.38. The van der Waals surface area contributed by atoms with Crippen molar-refractivity contribution in [1.29, 1.82) is 0 Å². The number of benzene rings is 3. The number of fused-ring (bicyclic) bond motifs is 1. The van der Waals surface area contributed by atoms with Crippen LogP contribution in [0.4, 0.5) is 0 Å². The Kier molecular flexibility index (Phi) is 7.65. The van der Waals surface area contributed by atoms with E-state index in [1.54, 1.807) is 0 Å². The van der Waals surface area contributed by atoms with Gasteiger partial charge in [0.05, 0.1) is 0 Å². The minimum absolute atomic E-state index is 0.0695. The molecule has 0 aliphatic rings. The van der Waals surface area contributed by atoms with Gasteiger partial charge >= 0.3 is 0 Å². The van der Waals surface area contributed by atoms with E-state index in [1.165, 1.54) is 16.3 Å². The highest BCUT2D eigenvalue weighted by Gasteiger charge is 2.24. The summed E-state index contributed by atoms with van der Waals surface area (Å²) in [4.78, 5) is 12.5.